The van der Waals surface area contributed by atoms with Gasteiger partial charge in [0, 0.05) is 24.8 Å². The van der Waals surface area contributed by atoms with Gasteiger partial charge in [0.05, 0.1) is 13.7 Å². The maximum absolute atomic E-state index is 13.9. The minimum absolute atomic E-state index is 0.0323. The van der Waals surface area contributed by atoms with Crippen molar-refractivity contribution in [1.82, 2.24) is 4.90 Å². The molecule has 30 heavy (non-hydrogen) atoms. The maximum atomic E-state index is 13.9. The normalized spacial score (nSPS) is 18.1. The Morgan fingerprint density at radius 2 is 1.73 bits per heavy atom. The average Bonchev–Trinajstić information content (AvgIpc) is 3.19. The minimum atomic E-state index is -0.788. The van der Waals surface area contributed by atoms with Crippen LogP contribution in [0.15, 0.2) is 54.6 Å². The quantitative estimate of drug-likeness (QED) is 0.490. The monoisotopic (exact) mass is 413 g/mol. The van der Waals surface area contributed by atoms with Crippen molar-refractivity contribution in [3.63, 3.8) is 0 Å². The van der Waals surface area contributed by atoms with E-state index in [1.807, 2.05) is 6.07 Å². The first-order valence-electron chi connectivity index (χ1n) is 9.86. The highest BCUT2D eigenvalue weighted by atomic mass is 19.1. The van der Waals surface area contributed by atoms with Crippen molar-refractivity contribution in [2.75, 3.05) is 13.7 Å². The lowest BCUT2D eigenvalue weighted by Gasteiger charge is -2.22. The zero-order valence-electron chi connectivity index (χ0n) is 16.8. The third-order valence-electron chi connectivity index (χ3n) is 5.08. The molecule has 2 unspecified atom stereocenters. The molecular weight excluding hydrogens is 389 g/mol. The van der Waals surface area contributed by atoms with Crippen molar-refractivity contribution in [1.29, 1.82) is 0 Å². The van der Waals surface area contributed by atoms with Crippen molar-refractivity contribution in [2.24, 2.45) is 0 Å². The molecule has 1 saturated heterocycles. The molecule has 0 spiro atoms. The van der Waals surface area contributed by atoms with Crippen LogP contribution in [-0.4, -0.2) is 48.4 Å². The van der Waals surface area contributed by atoms with Gasteiger partial charge in [0.1, 0.15) is 12.1 Å². The van der Waals surface area contributed by atoms with Gasteiger partial charge in [-0.15, -0.1) is 0 Å². The van der Waals surface area contributed by atoms with Gasteiger partial charge in [-0.05, 0) is 18.6 Å². The molecule has 1 amide bonds. The Morgan fingerprint density at radius 1 is 1.03 bits per heavy atom. The van der Waals surface area contributed by atoms with E-state index in [1.165, 1.54) is 24.1 Å². The van der Waals surface area contributed by atoms with Crippen molar-refractivity contribution in [3.8, 4) is 5.75 Å². The number of hydrogen-bond acceptors (Lipinski definition) is 5. The second-order valence-electron chi connectivity index (χ2n) is 7.13. The van der Waals surface area contributed by atoms with E-state index in [-0.39, 0.29) is 43.2 Å². The molecule has 0 saturated carbocycles. The SMILES string of the molecule is COC(=O)C1CC(Oc2ccccc2F)CN1C(=O)CCCC(=O)c1ccccc1. The number of ether oxygens (including phenoxy) is 2. The molecular formula is C23H24FNO5. The third kappa shape index (κ3) is 5.23. The highest BCUT2D eigenvalue weighted by molar-refractivity contribution is 5.96. The molecule has 1 fully saturated rings. The van der Waals surface area contributed by atoms with Crippen LogP contribution in [0.2, 0.25) is 0 Å². The van der Waals surface area contributed by atoms with Gasteiger partial charge < -0.3 is 14.4 Å². The van der Waals surface area contributed by atoms with Crippen LogP contribution in [0.5, 0.6) is 5.75 Å². The largest absolute Gasteiger partial charge is 0.485 e. The zero-order chi connectivity index (χ0) is 21.5. The molecule has 2 aromatic rings. The summed E-state index contributed by atoms with van der Waals surface area (Å²) in [6.45, 7) is 0.152. The van der Waals surface area contributed by atoms with Gasteiger partial charge in [-0.1, -0.05) is 42.5 Å². The van der Waals surface area contributed by atoms with Crippen LogP contribution < -0.4 is 4.74 Å². The fourth-order valence-electron chi connectivity index (χ4n) is 3.55. The molecule has 0 N–H and O–H groups in total. The summed E-state index contributed by atoms with van der Waals surface area (Å²) in [6.07, 6.45) is 0.423. The molecule has 3 rings (SSSR count). The Balaban J connectivity index is 1.59. The molecule has 6 nitrogen and oxygen atoms in total. The summed E-state index contributed by atoms with van der Waals surface area (Å²) in [6, 6.07) is 14.1. The Hall–Kier alpha value is -3.22. The number of esters is 1. The molecule has 1 aliphatic rings. The topological polar surface area (TPSA) is 72.9 Å². The number of Topliss-reactive ketones (excluding diaryl/α,β-unsaturated/α-hetero) is 1. The summed E-state index contributed by atoms with van der Waals surface area (Å²) in [5.74, 6) is -1.26. The molecule has 7 heteroatoms. The second kappa shape index (κ2) is 10.0. The summed E-state index contributed by atoms with van der Waals surface area (Å²) in [5, 5.41) is 0. The minimum Gasteiger partial charge on any atom is -0.485 e. The van der Waals surface area contributed by atoms with E-state index >= 15 is 0 Å². The molecule has 2 aromatic carbocycles. The third-order valence-corrected chi connectivity index (χ3v) is 5.08. The predicted octanol–water partition coefficient (Wildman–Crippen LogP) is 3.40. The van der Waals surface area contributed by atoms with Gasteiger partial charge in [0.2, 0.25) is 5.91 Å². The lowest BCUT2D eigenvalue weighted by molar-refractivity contribution is -0.151. The first-order chi connectivity index (χ1) is 14.5. The van der Waals surface area contributed by atoms with E-state index in [4.69, 9.17) is 9.47 Å². The lowest BCUT2D eigenvalue weighted by atomic mass is 10.1. The summed E-state index contributed by atoms with van der Waals surface area (Å²) in [4.78, 5) is 38.5. The number of carbonyl (C=O) groups is 3. The Bertz CT molecular complexity index is 901. The smallest absolute Gasteiger partial charge is 0.328 e. The van der Waals surface area contributed by atoms with Crippen molar-refractivity contribution in [3.05, 3.63) is 66.0 Å². The van der Waals surface area contributed by atoms with Gasteiger partial charge in [-0.25, -0.2) is 9.18 Å². The van der Waals surface area contributed by atoms with Crippen LogP contribution in [0, 0.1) is 5.82 Å². The fraction of sp³-hybridized carbons (Fsp3) is 0.348. The number of amides is 1. The molecule has 158 valence electrons. The van der Waals surface area contributed by atoms with E-state index in [9.17, 15) is 18.8 Å². The molecule has 0 aliphatic carbocycles. The number of para-hydroxylation sites is 1. The van der Waals surface area contributed by atoms with E-state index in [1.54, 1.807) is 36.4 Å². The molecule has 1 heterocycles. The number of methoxy groups -OCH3 is 1. The molecule has 1 aliphatic heterocycles. The van der Waals surface area contributed by atoms with Gasteiger partial charge in [-0.3, -0.25) is 9.59 Å². The van der Waals surface area contributed by atoms with E-state index in [0.717, 1.165) is 0 Å². The Kier molecular flexibility index (Phi) is 7.17. The first-order valence-corrected chi connectivity index (χ1v) is 9.86. The van der Waals surface area contributed by atoms with E-state index in [2.05, 4.69) is 0 Å². The molecule has 0 radical (unpaired) electrons. The predicted molar refractivity (Wildman–Crippen MR) is 108 cm³/mol. The summed E-state index contributed by atoms with van der Waals surface area (Å²) in [5.41, 5.74) is 0.608. The summed E-state index contributed by atoms with van der Waals surface area (Å²) < 4.78 is 24.4. The van der Waals surface area contributed by atoms with Crippen molar-refractivity contribution < 1.29 is 28.2 Å². The van der Waals surface area contributed by atoms with Gasteiger partial charge in [-0.2, -0.15) is 0 Å². The number of nitrogens with zero attached hydrogens (tertiary/aromatic N) is 1. The number of hydrogen-bond donors (Lipinski definition) is 0. The van der Waals surface area contributed by atoms with Gasteiger partial charge >= 0.3 is 5.97 Å². The summed E-state index contributed by atoms with van der Waals surface area (Å²) in [7, 11) is 1.26. The Morgan fingerprint density at radius 3 is 2.43 bits per heavy atom. The van der Waals surface area contributed by atoms with Crippen molar-refractivity contribution >= 4 is 17.7 Å². The number of carbonyl (C=O) groups excluding carboxylic acids is 3. The highest BCUT2D eigenvalue weighted by Crippen LogP contribution is 2.26. The van der Waals surface area contributed by atoms with Crippen LogP contribution >= 0.6 is 0 Å². The first kappa shape index (κ1) is 21.5. The van der Waals surface area contributed by atoms with Crippen LogP contribution in [0.25, 0.3) is 0 Å². The number of likely N-dealkylation sites (tertiary alicyclic amines) is 1. The average molecular weight is 413 g/mol. The van der Waals surface area contributed by atoms with Crippen LogP contribution in [0.3, 0.4) is 0 Å². The molecule has 0 aromatic heterocycles. The maximum Gasteiger partial charge on any atom is 0.328 e. The second-order valence-corrected chi connectivity index (χ2v) is 7.13. The van der Waals surface area contributed by atoms with Crippen LogP contribution in [0.4, 0.5) is 4.39 Å². The number of rotatable bonds is 8. The Labute approximate surface area is 174 Å². The number of benzene rings is 2. The standard InChI is InChI=1S/C23H24FNO5/c1-29-23(28)19-14-17(30-21-12-6-5-10-18(21)24)15-25(19)22(27)13-7-11-20(26)16-8-3-2-4-9-16/h2-6,8-10,12,17,19H,7,11,13-15H2,1H3. The zero-order valence-corrected chi connectivity index (χ0v) is 16.8. The number of halogens is 1. The van der Waals surface area contributed by atoms with Crippen LogP contribution in [-0.2, 0) is 14.3 Å². The molecule has 2 atom stereocenters. The summed E-state index contributed by atoms with van der Waals surface area (Å²) >= 11 is 0. The van der Waals surface area contributed by atoms with Crippen molar-refractivity contribution in [2.45, 2.75) is 37.8 Å². The fourth-order valence-corrected chi connectivity index (χ4v) is 3.55. The van der Waals surface area contributed by atoms with E-state index < -0.39 is 23.9 Å². The van der Waals surface area contributed by atoms with E-state index in [0.29, 0.717) is 12.0 Å². The molecule has 0 bridgehead atoms. The van der Waals surface area contributed by atoms with Gasteiger partial charge in [0.25, 0.3) is 0 Å². The van der Waals surface area contributed by atoms with Gasteiger partial charge in [0.15, 0.2) is 17.3 Å². The number of ketones is 1. The highest BCUT2D eigenvalue weighted by Gasteiger charge is 2.41. The lowest BCUT2D eigenvalue weighted by Crippen LogP contribution is -2.41. The van der Waals surface area contributed by atoms with Crippen LogP contribution in [0.1, 0.15) is 36.0 Å².